The van der Waals surface area contributed by atoms with E-state index in [4.69, 9.17) is 4.74 Å². The second kappa shape index (κ2) is 7.28. The Labute approximate surface area is 138 Å². The summed E-state index contributed by atoms with van der Waals surface area (Å²) < 4.78 is 7.87. The first kappa shape index (κ1) is 16.3. The predicted molar refractivity (Wildman–Crippen MR) is 91.2 cm³/mol. The number of benzene rings is 1. The molecule has 3 unspecified atom stereocenters. The SMILES string of the molecule is CCOc1c(Br)cc(Br)cc1CNC1CCC(C)C1C. The van der Waals surface area contributed by atoms with Crippen LogP contribution in [0.5, 0.6) is 5.75 Å². The Morgan fingerprint density at radius 3 is 2.60 bits per heavy atom. The molecule has 2 nitrogen and oxygen atoms in total. The number of hydrogen-bond donors (Lipinski definition) is 1. The maximum Gasteiger partial charge on any atom is 0.138 e. The predicted octanol–water partition coefficient (Wildman–Crippen LogP) is 5.13. The lowest BCUT2D eigenvalue weighted by Crippen LogP contribution is -2.32. The van der Waals surface area contributed by atoms with Crippen molar-refractivity contribution >= 4 is 31.9 Å². The van der Waals surface area contributed by atoms with Gasteiger partial charge in [0.2, 0.25) is 0 Å². The highest BCUT2D eigenvalue weighted by molar-refractivity contribution is 9.11. The molecule has 112 valence electrons. The van der Waals surface area contributed by atoms with Crippen molar-refractivity contribution < 1.29 is 4.74 Å². The number of halogens is 2. The highest BCUT2D eigenvalue weighted by Gasteiger charge is 2.29. The van der Waals surface area contributed by atoms with Crippen molar-refractivity contribution in [2.24, 2.45) is 11.8 Å². The molecule has 1 aromatic carbocycles. The Bertz CT molecular complexity index is 464. The molecule has 20 heavy (non-hydrogen) atoms. The first-order chi connectivity index (χ1) is 9.52. The van der Waals surface area contributed by atoms with Crippen molar-refractivity contribution in [1.82, 2.24) is 5.32 Å². The molecule has 1 aromatic rings. The molecule has 0 aliphatic heterocycles. The zero-order valence-corrected chi connectivity index (χ0v) is 15.6. The van der Waals surface area contributed by atoms with E-state index in [1.54, 1.807) is 0 Å². The summed E-state index contributed by atoms with van der Waals surface area (Å²) in [5.41, 5.74) is 1.21. The molecule has 4 heteroatoms. The molecule has 1 saturated carbocycles. The molecule has 0 spiro atoms. The number of hydrogen-bond acceptors (Lipinski definition) is 2. The lowest BCUT2D eigenvalue weighted by atomic mass is 9.97. The Kier molecular flexibility index (Phi) is 5.94. The average molecular weight is 405 g/mol. The third-order valence-electron chi connectivity index (χ3n) is 4.39. The maximum absolute atomic E-state index is 5.78. The molecule has 0 radical (unpaired) electrons. The Morgan fingerprint density at radius 1 is 1.25 bits per heavy atom. The lowest BCUT2D eigenvalue weighted by Gasteiger charge is -2.21. The summed E-state index contributed by atoms with van der Waals surface area (Å²) in [5, 5.41) is 3.71. The van der Waals surface area contributed by atoms with Gasteiger partial charge < -0.3 is 10.1 Å². The third kappa shape index (κ3) is 3.77. The van der Waals surface area contributed by atoms with E-state index in [-0.39, 0.29) is 0 Å². The van der Waals surface area contributed by atoms with Crippen LogP contribution in [0.4, 0.5) is 0 Å². The van der Waals surface area contributed by atoms with Crippen LogP contribution < -0.4 is 10.1 Å². The number of rotatable bonds is 5. The zero-order valence-electron chi connectivity index (χ0n) is 12.4. The lowest BCUT2D eigenvalue weighted by molar-refractivity contribution is 0.328. The monoisotopic (exact) mass is 403 g/mol. The van der Waals surface area contributed by atoms with E-state index in [0.717, 1.165) is 33.1 Å². The standard InChI is InChI=1S/C16H23Br2NO/c1-4-20-16-12(7-13(17)8-14(16)18)9-19-15-6-5-10(2)11(15)3/h7-8,10-11,15,19H,4-6,9H2,1-3H3. The summed E-state index contributed by atoms with van der Waals surface area (Å²) >= 11 is 7.15. The van der Waals surface area contributed by atoms with Gasteiger partial charge in [0.15, 0.2) is 0 Å². The van der Waals surface area contributed by atoms with Gasteiger partial charge in [0.05, 0.1) is 11.1 Å². The summed E-state index contributed by atoms with van der Waals surface area (Å²) in [7, 11) is 0. The number of nitrogens with one attached hydrogen (secondary N) is 1. The maximum atomic E-state index is 5.78. The molecule has 0 bridgehead atoms. The van der Waals surface area contributed by atoms with Crippen molar-refractivity contribution in [3.8, 4) is 5.75 Å². The first-order valence-electron chi connectivity index (χ1n) is 7.37. The van der Waals surface area contributed by atoms with E-state index < -0.39 is 0 Å². The van der Waals surface area contributed by atoms with Crippen LogP contribution in [0.2, 0.25) is 0 Å². The largest absolute Gasteiger partial charge is 0.492 e. The smallest absolute Gasteiger partial charge is 0.138 e. The zero-order chi connectivity index (χ0) is 14.7. The van der Waals surface area contributed by atoms with Crippen LogP contribution >= 0.6 is 31.9 Å². The fourth-order valence-electron chi connectivity index (χ4n) is 2.94. The van der Waals surface area contributed by atoms with Gasteiger partial charge in [0.25, 0.3) is 0 Å². The van der Waals surface area contributed by atoms with Crippen LogP contribution in [0.3, 0.4) is 0 Å². The molecule has 1 aliphatic carbocycles. The molecule has 0 amide bonds. The summed E-state index contributed by atoms with van der Waals surface area (Å²) in [5.74, 6) is 2.54. The van der Waals surface area contributed by atoms with Gasteiger partial charge in [-0.1, -0.05) is 29.8 Å². The third-order valence-corrected chi connectivity index (χ3v) is 5.44. The highest BCUT2D eigenvalue weighted by atomic mass is 79.9. The van der Waals surface area contributed by atoms with Crippen LogP contribution in [0.25, 0.3) is 0 Å². The second-order valence-corrected chi connectivity index (χ2v) is 7.48. The summed E-state index contributed by atoms with van der Waals surface area (Å²) in [4.78, 5) is 0. The first-order valence-corrected chi connectivity index (χ1v) is 8.95. The van der Waals surface area contributed by atoms with Crippen LogP contribution in [-0.2, 0) is 6.54 Å². The average Bonchev–Trinajstić information content (AvgIpc) is 2.71. The Balaban J connectivity index is 2.08. The van der Waals surface area contributed by atoms with Crippen LogP contribution in [0.15, 0.2) is 21.1 Å². The normalized spacial score (nSPS) is 25.9. The van der Waals surface area contributed by atoms with Gasteiger partial charge in [-0.05, 0) is 59.7 Å². The molecule has 1 fully saturated rings. The summed E-state index contributed by atoms with van der Waals surface area (Å²) in [6, 6.07) is 4.80. The van der Waals surface area contributed by atoms with E-state index in [1.807, 2.05) is 13.0 Å². The van der Waals surface area contributed by atoms with Gasteiger partial charge in [-0.2, -0.15) is 0 Å². The molecule has 3 atom stereocenters. The molecule has 2 rings (SSSR count). The van der Waals surface area contributed by atoms with Gasteiger partial charge in [0.1, 0.15) is 5.75 Å². The minimum absolute atomic E-state index is 0.622. The van der Waals surface area contributed by atoms with Gasteiger partial charge >= 0.3 is 0 Å². The Morgan fingerprint density at radius 2 is 2.00 bits per heavy atom. The molecule has 1 N–H and O–H groups in total. The van der Waals surface area contributed by atoms with Gasteiger partial charge in [-0.3, -0.25) is 0 Å². The summed E-state index contributed by atoms with van der Waals surface area (Å²) in [6.45, 7) is 8.27. The molecule has 0 heterocycles. The van der Waals surface area contributed by atoms with Gasteiger partial charge in [-0.15, -0.1) is 0 Å². The number of ether oxygens (including phenoxy) is 1. The fraction of sp³-hybridized carbons (Fsp3) is 0.625. The van der Waals surface area contributed by atoms with Crippen LogP contribution in [0.1, 0.15) is 39.2 Å². The van der Waals surface area contributed by atoms with E-state index in [9.17, 15) is 0 Å². The quantitative estimate of drug-likeness (QED) is 0.733. The molecular weight excluding hydrogens is 382 g/mol. The van der Waals surface area contributed by atoms with Gasteiger partial charge in [-0.25, -0.2) is 0 Å². The molecule has 1 aliphatic rings. The second-order valence-electron chi connectivity index (χ2n) is 5.71. The van der Waals surface area contributed by atoms with E-state index in [2.05, 4.69) is 57.1 Å². The minimum Gasteiger partial charge on any atom is -0.492 e. The van der Waals surface area contributed by atoms with E-state index in [1.165, 1.54) is 18.4 Å². The summed E-state index contributed by atoms with van der Waals surface area (Å²) in [6.07, 6.45) is 2.61. The van der Waals surface area contributed by atoms with Crippen molar-refractivity contribution in [2.75, 3.05) is 6.61 Å². The highest BCUT2D eigenvalue weighted by Crippen LogP contribution is 2.35. The molecular formula is C16H23Br2NO. The minimum atomic E-state index is 0.622. The Hall–Kier alpha value is -0.0600. The van der Waals surface area contributed by atoms with E-state index in [0.29, 0.717) is 12.6 Å². The van der Waals surface area contributed by atoms with E-state index >= 15 is 0 Å². The van der Waals surface area contributed by atoms with Crippen molar-refractivity contribution in [2.45, 2.75) is 46.2 Å². The topological polar surface area (TPSA) is 21.3 Å². The van der Waals surface area contributed by atoms with Crippen molar-refractivity contribution in [3.05, 3.63) is 26.6 Å². The van der Waals surface area contributed by atoms with Crippen molar-refractivity contribution in [3.63, 3.8) is 0 Å². The van der Waals surface area contributed by atoms with Gasteiger partial charge in [0, 0.05) is 22.6 Å². The fourth-order valence-corrected chi connectivity index (χ4v) is 4.37. The van der Waals surface area contributed by atoms with Crippen LogP contribution in [0, 0.1) is 11.8 Å². The van der Waals surface area contributed by atoms with Crippen molar-refractivity contribution in [1.29, 1.82) is 0 Å². The van der Waals surface area contributed by atoms with Crippen LogP contribution in [-0.4, -0.2) is 12.6 Å². The molecule has 0 saturated heterocycles. The molecule has 0 aromatic heterocycles.